The maximum atomic E-state index is 12.1. The molecule has 0 saturated heterocycles. The first-order valence-electron chi connectivity index (χ1n) is 6.67. The van der Waals surface area contributed by atoms with Crippen LogP contribution in [-0.2, 0) is 11.3 Å². The predicted octanol–water partition coefficient (Wildman–Crippen LogP) is 3.77. The summed E-state index contributed by atoms with van der Waals surface area (Å²) in [5.74, 6) is 0.132. The average molecular weight is 307 g/mol. The monoisotopic (exact) mass is 306 g/mol. The Kier molecular flexibility index (Phi) is 3.76. The third-order valence-corrected chi connectivity index (χ3v) is 4.89. The summed E-state index contributed by atoms with van der Waals surface area (Å²) >= 11 is 7.53. The van der Waals surface area contributed by atoms with Crippen LogP contribution in [0.3, 0.4) is 0 Å². The number of amides is 1. The fraction of sp³-hybridized carbons (Fsp3) is 0.333. The van der Waals surface area contributed by atoms with Crippen LogP contribution in [0.4, 0.5) is 0 Å². The van der Waals surface area contributed by atoms with E-state index in [0.29, 0.717) is 11.6 Å². The first-order chi connectivity index (χ1) is 9.69. The molecular weight excluding hydrogens is 292 g/mol. The van der Waals surface area contributed by atoms with E-state index < -0.39 is 0 Å². The minimum atomic E-state index is 0.00622. The van der Waals surface area contributed by atoms with Gasteiger partial charge in [0.25, 0.3) is 5.91 Å². The highest BCUT2D eigenvalue weighted by Crippen LogP contribution is 2.27. The van der Waals surface area contributed by atoms with E-state index in [9.17, 15) is 4.79 Å². The minimum Gasteiger partial charge on any atom is -0.313 e. The average Bonchev–Trinajstić information content (AvgIpc) is 2.64. The summed E-state index contributed by atoms with van der Waals surface area (Å²) in [7, 11) is 0. The zero-order valence-corrected chi connectivity index (χ0v) is 12.6. The molecule has 0 spiro atoms. The zero-order chi connectivity index (χ0) is 14.1. The Morgan fingerprint density at radius 3 is 3.00 bits per heavy atom. The fourth-order valence-corrected chi connectivity index (χ4v) is 3.60. The van der Waals surface area contributed by atoms with Gasteiger partial charge in [-0.3, -0.25) is 4.79 Å². The number of halogens is 1. The number of allylic oxidation sites excluding steroid dienone is 1. The highest BCUT2D eigenvalue weighted by atomic mass is 35.5. The molecule has 0 atom stereocenters. The van der Waals surface area contributed by atoms with Crippen molar-refractivity contribution in [2.24, 2.45) is 10.9 Å². The number of rotatable bonds is 3. The highest BCUT2D eigenvalue weighted by molar-refractivity contribution is 7.16. The lowest BCUT2D eigenvalue weighted by molar-refractivity contribution is -0.124. The van der Waals surface area contributed by atoms with Crippen molar-refractivity contribution in [1.82, 2.24) is 4.57 Å². The Morgan fingerprint density at radius 2 is 2.35 bits per heavy atom. The molecular formula is C15H15ClN2OS. The molecule has 0 N–H and O–H groups in total. The van der Waals surface area contributed by atoms with Gasteiger partial charge in [-0.25, -0.2) is 0 Å². The smallest absolute Gasteiger partial charge is 0.251 e. The van der Waals surface area contributed by atoms with Crippen LogP contribution in [0.5, 0.6) is 0 Å². The number of fused-ring (bicyclic) bond motifs is 1. The normalized spacial score (nSPS) is 16.4. The SMILES string of the molecule is C=CCn1c(=NC(=O)C2CCC2)sc2cc(Cl)ccc21. The van der Waals surface area contributed by atoms with Gasteiger partial charge in [-0.15, -0.1) is 6.58 Å². The van der Waals surface area contributed by atoms with Crippen molar-refractivity contribution in [3.05, 3.63) is 40.7 Å². The van der Waals surface area contributed by atoms with Gasteiger partial charge in [0, 0.05) is 17.5 Å². The van der Waals surface area contributed by atoms with E-state index in [-0.39, 0.29) is 11.8 Å². The number of carbonyl (C=O) groups is 1. The Bertz CT molecular complexity index is 740. The standard InChI is InChI=1S/C15H15ClN2OS/c1-2-8-18-12-7-6-11(16)9-13(12)20-15(18)17-14(19)10-4-3-5-10/h2,6-7,9-10H,1,3-5,8H2. The Morgan fingerprint density at radius 1 is 1.55 bits per heavy atom. The van der Waals surface area contributed by atoms with Gasteiger partial charge in [-0.2, -0.15) is 4.99 Å². The molecule has 0 radical (unpaired) electrons. The molecule has 5 heteroatoms. The number of hydrogen-bond donors (Lipinski definition) is 0. The summed E-state index contributed by atoms with van der Waals surface area (Å²) in [4.78, 5) is 17.1. The maximum Gasteiger partial charge on any atom is 0.251 e. The van der Waals surface area contributed by atoms with Gasteiger partial charge in [-0.1, -0.05) is 35.4 Å². The van der Waals surface area contributed by atoms with Gasteiger partial charge in [0.2, 0.25) is 0 Å². The topological polar surface area (TPSA) is 34.4 Å². The van der Waals surface area contributed by atoms with Crippen LogP contribution in [0.1, 0.15) is 19.3 Å². The molecule has 1 fully saturated rings. The molecule has 2 aromatic rings. The van der Waals surface area contributed by atoms with Crippen LogP contribution in [0, 0.1) is 5.92 Å². The molecule has 0 bridgehead atoms. The van der Waals surface area contributed by atoms with Crippen LogP contribution in [0.2, 0.25) is 5.02 Å². The van der Waals surface area contributed by atoms with Crippen LogP contribution in [0.15, 0.2) is 35.8 Å². The second-order valence-corrected chi connectivity index (χ2v) is 6.42. The number of hydrogen-bond acceptors (Lipinski definition) is 2. The zero-order valence-electron chi connectivity index (χ0n) is 11.0. The molecule has 1 aromatic carbocycles. The third kappa shape index (κ3) is 2.45. The van der Waals surface area contributed by atoms with Crippen molar-refractivity contribution >= 4 is 39.1 Å². The number of thiazole rings is 1. The molecule has 3 rings (SSSR count). The lowest BCUT2D eigenvalue weighted by Gasteiger charge is -2.20. The van der Waals surface area contributed by atoms with Crippen LogP contribution in [-0.4, -0.2) is 10.5 Å². The summed E-state index contributed by atoms with van der Waals surface area (Å²) < 4.78 is 3.05. The second-order valence-electron chi connectivity index (χ2n) is 4.97. The summed E-state index contributed by atoms with van der Waals surface area (Å²) in [5.41, 5.74) is 1.04. The van der Waals surface area contributed by atoms with E-state index in [1.807, 2.05) is 28.8 Å². The van der Waals surface area contributed by atoms with Crippen LogP contribution >= 0.6 is 22.9 Å². The van der Waals surface area contributed by atoms with E-state index in [4.69, 9.17) is 11.6 Å². The van der Waals surface area contributed by atoms with Crippen molar-refractivity contribution in [3.63, 3.8) is 0 Å². The summed E-state index contributed by atoms with van der Waals surface area (Å²) in [5, 5.41) is 0.696. The maximum absolute atomic E-state index is 12.1. The highest BCUT2D eigenvalue weighted by Gasteiger charge is 2.25. The van der Waals surface area contributed by atoms with Gasteiger partial charge in [0.15, 0.2) is 4.80 Å². The minimum absolute atomic E-state index is 0.00622. The van der Waals surface area contributed by atoms with Gasteiger partial charge >= 0.3 is 0 Å². The molecule has 1 aliphatic rings. The van der Waals surface area contributed by atoms with E-state index in [1.165, 1.54) is 11.3 Å². The van der Waals surface area contributed by atoms with E-state index in [2.05, 4.69) is 11.6 Å². The number of nitrogens with zero attached hydrogens (tertiary/aromatic N) is 2. The van der Waals surface area contributed by atoms with Gasteiger partial charge in [-0.05, 0) is 31.0 Å². The van der Waals surface area contributed by atoms with Gasteiger partial charge < -0.3 is 4.57 Å². The third-order valence-electron chi connectivity index (χ3n) is 3.62. The molecule has 1 aromatic heterocycles. The molecule has 1 amide bonds. The van der Waals surface area contributed by atoms with Crippen molar-refractivity contribution in [3.8, 4) is 0 Å². The van der Waals surface area contributed by atoms with Gasteiger partial charge in [0.05, 0.1) is 10.2 Å². The number of aromatic nitrogens is 1. The second kappa shape index (κ2) is 5.54. The Balaban J connectivity index is 2.12. The molecule has 3 nitrogen and oxygen atoms in total. The number of carbonyl (C=O) groups excluding carboxylic acids is 1. The Labute approximate surface area is 126 Å². The van der Waals surface area contributed by atoms with E-state index in [1.54, 1.807) is 0 Å². The molecule has 0 aliphatic heterocycles. The molecule has 1 saturated carbocycles. The summed E-state index contributed by atoms with van der Waals surface area (Å²) in [6.07, 6.45) is 4.90. The molecule has 20 heavy (non-hydrogen) atoms. The molecule has 0 unspecified atom stereocenters. The summed E-state index contributed by atoms with van der Waals surface area (Å²) in [6.45, 7) is 4.41. The first-order valence-corrected chi connectivity index (χ1v) is 7.87. The van der Waals surface area contributed by atoms with E-state index in [0.717, 1.165) is 34.3 Å². The van der Waals surface area contributed by atoms with Gasteiger partial charge in [0.1, 0.15) is 0 Å². The van der Waals surface area contributed by atoms with E-state index >= 15 is 0 Å². The Hall–Kier alpha value is -1.39. The molecule has 104 valence electrons. The fourth-order valence-electron chi connectivity index (χ4n) is 2.28. The lowest BCUT2D eigenvalue weighted by Crippen LogP contribution is -2.24. The van der Waals surface area contributed by atoms with Crippen molar-refractivity contribution in [2.45, 2.75) is 25.8 Å². The van der Waals surface area contributed by atoms with Crippen LogP contribution < -0.4 is 4.80 Å². The first kappa shape index (κ1) is 13.6. The predicted molar refractivity (Wildman–Crippen MR) is 82.9 cm³/mol. The largest absolute Gasteiger partial charge is 0.313 e. The lowest BCUT2D eigenvalue weighted by atomic mass is 9.85. The molecule has 1 heterocycles. The van der Waals surface area contributed by atoms with Crippen molar-refractivity contribution in [1.29, 1.82) is 0 Å². The number of benzene rings is 1. The molecule has 1 aliphatic carbocycles. The summed E-state index contributed by atoms with van der Waals surface area (Å²) in [6, 6.07) is 5.73. The van der Waals surface area contributed by atoms with Crippen LogP contribution in [0.25, 0.3) is 10.2 Å². The van der Waals surface area contributed by atoms with Crippen molar-refractivity contribution in [2.75, 3.05) is 0 Å². The van der Waals surface area contributed by atoms with Crippen molar-refractivity contribution < 1.29 is 4.79 Å². The quantitative estimate of drug-likeness (QED) is 0.795.